The van der Waals surface area contributed by atoms with Gasteiger partial charge in [-0.25, -0.2) is 23.2 Å². The van der Waals surface area contributed by atoms with E-state index in [9.17, 15) is 13.2 Å². The van der Waals surface area contributed by atoms with Crippen molar-refractivity contribution >= 4 is 27.6 Å². The van der Waals surface area contributed by atoms with Crippen LogP contribution in [-0.4, -0.2) is 34.8 Å². The Morgan fingerprint density at radius 2 is 1.96 bits per heavy atom. The lowest BCUT2D eigenvalue weighted by atomic mass is 10.1. The van der Waals surface area contributed by atoms with Crippen molar-refractivity contribution in [2.45, 2.75) is 24.0 Å². The first kappa shape index (κ1) is 16.7. The first-order chi connectivity index (χ1) is 10.7. The van der Waals surface area contributed by atoms with Gasteiger partial charge in [0.25, 0.3) is 0 Å². The Morgan fingerprint density at radius 3 is 2.57 bits per heavy atom. The fourth-order valence-corrected chi connectivity index (χ4v) is 3.03. The van der Waals surface area contributed by atoms with Crippen molar-refractivity contribution in [1.29, 1.82) is 0 Å². The number of sulfone groups is 1. The maximum atomic E-state index is 12.3. The molecule has 9 heteroatoms. The highest BCUT2D eigenvalue weighted by Crippen LogP contribution is 2.28. The molecule has 0 atom stereocenters. The second-order valence-electron chi connectivity index (χ2n) is 5.06. The van der Waals surface area contributed by atoms with Gasteiger partial charge in [-0.15, -0.1) is 0 Å². The summed E-state index contributed by atoms with van der Waals surface area (Å²) in [5.74, 6) is 0.0560. The highest BCUT2D eigenvalue weighted by atomic mass is 32.2. The van der Waals surface area contributed by atoms with Crippen LogP contribution in [0.15, 0.2) is 35.5 Å². The van der Waals surface area contributed by atoms with Gasteiger partial charge in [0, 0.05) is 18.0 Å². The Kier molecular flexibility index (Phi) is 4.50. The van der Waals surface area contributed by atoms with E-state index in [-0.39, 0.29) is 16.5 Å². The van der Waals surface area contributed by atoms with Crippen molar-refractivity contribution in [2.75, 3.05) is 11.1 Å². The molecule has 0 saturated carbocycles. The van der Waals surface area contributed by atoms with Gasteiger partial charge < -0.3 is 10.8 Å². The number of anilines is 2. The molecule has 23 heavy (non-hydrogen) atoms. The first-order valence-electron chi connectivity index (χ1n) is 6.67. The quantitative estimate of drug-likeness (QED) is 0.777. The topological polar surface area (TPSA) is 135 Å². The van der Waals surface area contributed by atoms with Crippen LogP contribution < -0.4 is 11.1 Å². The summed E-state index contributed by atoms with van der Waals surface area (Å²) in [5.41, 5.74) is 6.76. The first-order valence-corrected chi connectivity index (χ1v) is 8.22. The predicted octanol–water partition coefficient (Wildman–Crippen LogP) is 2.00. The van der Waals surface area contributed by atoms with Gasteiger partial charge in [-0.2, -0.15) is 0 Å². The van der Waals surface area contributed by atoms with Crippen molar-refractivity contribution in [2.24, 2.45) is 0 Å². The van der Waals surface area contributed by atoms with E-state index < -0.39 is 21.2 Å². The zero-order chi connectivity index (χ0) is 17.2. The van der Waals surface area contributed by atoms with Crippen LogP contribution in [0.4, 0.5) is 16.4 Å². The molecule has 4 N–H and O–H groups in total. The molecule has 2 heterocycles. The maximum Gasteiger partial charge on any atom is 0.410 e. The number of nitrogens with one attached hydrogen (secondary N) is 1. The molecule has 0 radical (unpaired) electrons. The average Bonchev–Trinajstić information content (AvgIpc) is 2.47. The Balaban J connectivity index is 2.52. The third-order valence-corrected chi connectivity index (χ3v) is 5.32. The van der Waals surface area contributed by atoms with Crippen LogP contribution in [0.2, 0.25) is 0 Å². The van der Waals surface area contributed by atoms with Gasteiger partial charge in [0.2, 0.25) is 0 Å². The minimum Gasteiger partial charge on any atom is -0.465 e. The van der Waals surface area contributed by atoms with Crippen LogP contribution in [0, 0.1) is 0 Å². The summed E-state index contributed by atoms with van der Waals surface area (Å²) in [6, 6.07) is 4.52. The number of pyridine rings is 2. The van der Waals surface area contributed by atoms with Crippen LogP contribution >= 0.6 is 0 Å². The van der Waals surface area contributed by atoms with Gasteiger partial charge in [0.05, 0.1) is 5.25 Å². The molecule has 0 aromatic carbocycles. The summed E-state index contributed by atoms with van der Waals surface area (Å²) in [4.78, 5) is 18.4. The molecule has 2 aromatic heterocycles. The van der Waals surface area contributed by atoms with Crippen LogP contribution in [0.25, 0.3) is 11.1 Å². The Labute approximate surface area is 133 Å². The second kappa shape index (κ2) is 6.21. The summed E-state index contributed by atoms with van der Waals surface area (Å²) in [6.45, 7) is 3.12. The molecular weight excluding hydrogens is 320 g/mol. The number of hydrogen-bond acceptors (Lipinski definition) is 6. The van der Waals surface area contributed by atoms with Gasteiger partial charge in [0.15, 0.2) is 9.84 Å². The lowest BCUT2D eigenvalue weighted by molar-refractivity contribution is 0.209. The SMILES string of the molecule is CC(C)S(=O)(=O)c1cc(-c2ccnc(NC(=O)O)c2)cnc1N. The molecule has 0 aliphatic carbocycles. The lowest BCUT2D eigenvalue weighted by Gasteiger charge is -2.12. The third-order valence-electron chi connectivity index (χ3n) is 3.14. The van der Waals surface area contributed by atoms with E-state index in [0.29, 0.717) is 11.1 Å². The number of nitrogen functional groups attached to an aromatic ring is 1. The van der Waals surface area contributed by atoms with Gasteiger partial charge in [-0.3, -0.25) is 5.32 Å². The average molecular weight is 336 g/mol. The van der Waals surface area contributed by atoms with E-state index in [0.717, 1.165) is 0 Å². The largest absolute Gasteiger partial charge is 0.465 e. The number of rotatable bonds is 4. The van der Waals surface area contributed by atoms with Crippen LogP contribution in [0.5, 0.6) is 0 Å². The third kappa shape index (κ3) is 3.57. The molecule has 2 aromatic rings. The van der Waals surface area contributed by atoms with E-state index in [1.165, 1.54) is 24.5 Å². The molecule has 0 aliphatic rings. The molecular formula is C14H16N4O4S. The van der Waals surface area contributed by atoms with Crippen LogP contribution in [0.1, 0.15) is 13.8 Å². The number of aromatic nitrogens is 2. The Bertz CT molecular complexity index is 850. The minimum atomic E-state index is -3.58. The number of hydrogen-bond donors (Lipinski definition) is 3. The zero-order valence-corrected chi connectivity index (χ0v) is 13.3. The number of nitrogens with two attached hydrogens (primary N) is 1. The van der Waals surface area contributed by atoms with Gasteiger partial charge in [-0.05, 0) is 37.6 Å². The van der Waals surface area contributed by atoms with E-state index in [4.69, 9.17) is 10.8 Å². The van der Waals surface area contributed by atoms with E-state index in [1.54, 1.807) is 19.9 Å². The second-order valence-corrected chi connectivity index (χ2v) is 7.53. The molecule has 122 valence electrons. The van der Waals surface area contributed by atoms with Crippen molar-refractivity contribution in [3.8, 4) is 11.1 Å². The monoisotopic (exact) mass is 336 g/mol. The normalized spacial score (nSPS) is 11.4. The van der Waals surface area contributed by atoms with Crippen LogP contribution in [-0.2, 0) is 9.84 Å². The Hall–Kier alpha value is -2.68. The molecule has 0 spiro atoms. The number of carboxylic acid groups (broad SMARTS) is 1. The van der Waals surface area contributed by atoms with E-state index in [1.807, 2.05) is 0 Å². The lowest BCUT2D eigenvalue weighted by Crippen LogP contribution is -2.16. The highest BCUT2D eigenvalue weighted by Gasteiger charge is 2.23. The number of amides is 1. The molecule has 0 unspecified atom stereocenters. The standard InChI is InChI=1S/C14H16N4O4S/c1-8(2)23(21,22)11-5-10(7-17-13(11)15)9-3-4-16-12(6-9)18-14(19)20/h3-8H,1-2H3,(H2,15,17)(H,16,18)(H,19,20). The fraction of sp³-hybridized carbons (Fsp3) is 0.214. The van der Waals surface area contributed by atoms with Crippen molar-refractivity contribution in [3.63, 3.8) is 0 Å². The molecule has 0 fully saturated rings. The zero-order valence-electron chi connectivity index (χ0n) is 12.5. The fourth-order valence-electron chi connectivity index (χ4n) is 1.88. The van der Waals surface area contributed by atoms with E-state index >= 15 is 0 Å². The van der Waals surface area contributed by atoms with Crippen molar-refractivity contribution in [3.05, 3.63) is 30.6 Å². The molecule has 1 amide bonds. The highest BCUT2D eigenvalue weighted by molar-refractivity contribution is 7.92. The minimum absolute atomic E-state index is 0.0467. The van der Waals surface area contributed by atoms with Crippen molar-refractivity contribution in [1.82, 2.24) is 9.97 Å². The van der Waals surface area contributed by atoms with Gasteiger partial charge >= 0.3 is 6.09 Å². The molecule has 0 saturated heterocycles. The molecule has 2 rings (SSSR count). The molecule has 8 nitrogen and oxygen atoms in total. The van der Waals surface area contributed by atoms with Gasteiger partial charge in [-0.1, -0.05) is 0 Å². The number of nitrogens with zero attached hydrogens (tertiary/aromatic N) is 2. The van der Waals surface area contributed by atoms with Crippen molar-refractivity contribution < 1.29 is 18.3 Å². The van der Waals surface area contributed by atoms with E-state index in [2.05, 4.69) is 15.3 Å². The molecule has 0 aliphatic heterocycles. The summed E-state index contributed by atoms with van der Waals surface area (Å²) in [5, 5.41) is 10.2. The van der Waals surface area contributed by atoms with Gasteiger partial charge in [0.1, 0.15) is 16.5 Å². The summed E-state index contributed by atoms with van der Waals surface area (Å²) < 4.78 is 24.7. The molecule has 0 bridgehead atoms. The van der Waals surface area contributed by atoms with Crippen LogP contribution in [0.3, 0.4) is 0 Å². The smallest absolute Gasteiger partial charge is 0.410 e. The summed E-state index contributed by atoms with van der Waals surface area (Å²) in [6.07, 6.45) is 1.59. The number of carbonyl (C=O) groups is 1. The summed E-state index contributed by atoms with van der Waals surface area (Å²) >= 11 is 0. The maximum absolute atomic E-state index is 12.3. The summed E-state index contributed by atoms with van der Waals surface area (Å²) in [7, 11) is -3.58. The Morgan fingerprint density at radius 1 is 1.26 bits per heavy atom. The predicted molar refractivity (Wildman–Crippen MR) is 85.8 cm³/mol.